The summed E-state index contributed by atoms with van der Waals surface area (Å²) in [6, 6.07) is 2.92. The Morgan fingerprint density at radius 3 is 2.80 bits per heavy atom. The Kier molecular flexibility index (Phi) is 5.20. The number of nitrogens with one attached hydrogen (secondary N) is 2. The fraction of sp³-hybridized carbons (Fsp3) is 0.333. The number of hydrogen-bond acceptors (Lipinski definition) is 10. The molecule has 1 unspecified atom stereocenters. The number of aromatic hydroxyl groups is 1. The van der Waals surface area contributed by atoms with Crippen LogP contribution in [0.3, 0.4) is 0 Å². The lowest BCUT2D eigenvalue weighted by Crippen LogP contribution is -2.39. The van der Waals surface area contributed by atoms with Crippen LogP contribution in [0.5, 0.6) is 5.75 Å². The maximum Gasteiger partial charge on any atom is 0.389 e. The molecule has 3 aliphatic rings. The van der Waals surface area contributed by atoms with Gasteiger partial charge in [-0.25, -0.2) is 25.4 Å². The standard InChI is InChI=1S/C21H20F3N9O2/c1-20(13-5-4-10(34)7-26-13)14-15(25)30-16(31-17(14)32-19(20)35)12-8-33-18(27-9-28-33)11(29-12)3-2-6-21(22,23)24/h4-5,7-8,28,34H,2-3,6,9H2,1H3,(H3,25,30,31,32,35). The van der Waals surface area contributed by atoms with Crippen molar-refractivity contribution < 1.29 is 23.1 Å². The van der Waals surface area contributed by atoms with Crippen LogP contribution in [-0.4, -0.2) is 55.4 Å². The summed E-state index contributed by atoms with van der Waals surface area (Å²) in [7, 11) is 0. The molecule has 182 valence electrons. The largest absolute Gasteiger partial charge is 0.506 e. The Morgan fingerprint density at radius 2 is 2.09 bits per heavy atom. The molecule has 0 saturated heterocycles. The smallest absolute Gasteiger partial charge is 0.389 e. The highest BCUT2D eigenvalue weighted by Gasteiger charge is 2.48. The van der Waals surface area contributed by atoms with E-state index in [-0.39, 0.29) is 48.4 Å². The topological polar surface area (TPSA) is 154 Å². The summed E-state index contributed by atoms with van der Waals surface area (Å²) in [4.78, 5) is 34.7. The maximum atomic E-state index is 13.0. The number of halogens is 3. The number of pyridine rings is 1. The van der Waals surface area contributed by atoms with Crippen molar-refractivity contribution in [3.63, 3.8) is 0 Å². The number of carbonyl (C=O) groups excluding carboxylic acids is 1. The number of fused-ring (bicyclic) bond motifs is 2. The molecule has 2 aromatic rings. The first kappa shape index (κ1) is 22.7. The summed E-state index contributed by atoms with van der Waals surface area (Å²) in [5.74, 6) is 0.244. The third-order valence-corrected chi connectivity index (χ3v) is 5.95. The van der Waals surface area contributed by atoms with Crippen LogP contribution in [0.1, 0.15) is 43.3 Å². The second-order valence-corrected chi connectivity index (χ2v) is 8.35. The van der Waals surface area contributed by atoms with Crippen molar-refractivity contribution >= 4 is 34.8 Å². The third kappa shape index (κ3) is 3.95. The second-order valence-electron chi connectivity index (χ2n) is 8.35. The Bertz CT molecular complexity index is 1300. The van der Waals surface area contributed by atoms with Crippen LogP contribution in [0, 0.1) is 0 Å². The first-order valence-electron chi connectivity index (χ1n) is 10.7. The number of rotatable bonds is 5. The highest BCUT2D eigenvalue weighted by molar-refractivity contribution is 6.43. The number of aromatic nitrogens is 3. The SMILES string of the molecule is CC1(c2ccc(O)cn2)C(=O)Nc2nc(C3=CN4NCN=C4C(CCCC(F)(F)F)=N3)nc(N)c21. The molecular weight excluding hydrogens is 467 g/mol. The van der Waals surface area contributed by atoms with Crippen LogP contribution < -0.4 is 16.5 Å². The van der Waals surface area contributed by atoms with Gasteiger partial charge >= 0.3 is 6.18 Å². The maximum absolute atomic E-state index is 13.0. The minimum Gasteiger partial charge on any atom is -0.506 e. The van der Waals surface area contributed by atoms with E-state index in [9.17, 15) is 23.1 Å². The number of amidine groups is 1. The number of amides is 1. The van der Waals surface area contributed by atoms with E-state index in [0.717, 1.165) is 0 Å². The van der Waals surface area contributed by atoms with Crippen LogP contribution >= 0.6 is 0 Å². The van der Waals surface area contributed by atoms with E-state index in [4.69, 9.17) is 5.73 Å². The third-order valence-electron chi connectivity index (χ3n) is 5.95. The van der Waals surface area contributed by atoms with Gasteiger partial charge in [0.15, 0.2) is 11.7 Å². The van der Waals surface area contributed by atoms with Gasteiger partial charge in [0.1, 0.15) is 35.2 Å². The van der Waals surface area contributed by atoms with Gasteiger partial charge in [-0.1, -0.05) is 0 Å². The number of nitrogens with zero attached hydrogens (tertiary/aromatic N) is 6. The zero-order valence-corrected chi connectivity index (χ0v) is 18.4. The molecule has 0 bridgehead atoms. The molecule has 35 heavy (non-hydrogen) atoms. The van der Waals surface area contributed by atoms with Crippen LogP contribution in [0.15, 0.2) is 34.5 Å². The van der Waals surface area contributed by atoms with Crippen molar-refractivity contribution in [3.8, 4) is 5.75 Å². The number of alkyl halides is 3. The summed E-state index contributed by atoms with van der Waals surface area (Å²) < 4.78 is 37.9. The lowest BCUT2D eigenvalue weighted by atomic mass is 9.81. The van der Waals surface area contributed by atoms with Crippen molar-refractivity contribution in [2.24, 2.45) is 9.98 Å². The highest BCUT2D eigenvalue weighted by Crippen LogP contribution is 2.44. The molecule has 0 aliphatic carbocycles. The number of hydrazine groups is 1. The van der Waals surface area contributed by atoms with Gasteiger partial charge in [-0.15, -0.1) is 0 Å². The van der Waals surface area contributed by atoms with E-state index < -0.39 is 23.9 Å². The molecule has 11 nitrogen and oxygen atoms in total. The molecule has 0 fully saturated rings. The minimum atomic E-state index is -4.27. The van der Waals surface area contributed by atoms with Gasteiger partial charge in [0, 0.05) is 6.42 Å². The zero-order valence-electron chi connectivity index (χ0n) is 18.4. The van der Waals surface area contributed by atoms with E-state index in [0.29, 0.717) is 22.8 Å². The van der Waals surface area contributed by atoms with E-state index in [2.05, 4.69) is 35.7 Å². The summed E-state index contributed by atoms with van der Waals surface area (Å²) in [5.41, 5.74) is 9.25. The van der Waals surface area contributed by atoms with Gasteiger partial charge in [0.2, 0.25) is 5.91 Å². The lowest BCUT2D eigenvalue weighted by molar-refractivity contribution is -0.135. The summed E-state index contributed by atoms with van der Waals surface area (Å²) in [6.45, 7) is 1.87. The monoisotopic (exact) mass is 487 g/mol. The van der Waals surface area contributed by atoms with Gasteiger partial charge in [0.05, 0.1) is 29.4 Å². The number of hydrogen-bond donors (Lipinski definition) is 4. The molecule has 1 atom stereocenters. The number of anilines is 2. The number of carbonyl (C=O) groups is 1. The van der Waals surface area contributed by atoms with Crippen LogP contribution in [0.25, 0.3) is 5.70 Å². The van der Waals surface area contributed by atoms with Gasteiger partial charge in [-0.05, 0) is 31.9 Å². The Morgan fingerprint density at radius 1 is 1.29 bits per heavy atom. The van der Waals surface area contributed by atoms with Crippen LogP contribution in [-0.2, 0) is 10.2 Å². The predicted octanol–water partition coefficient (Wildman–Crippen LogP) is 2.08. The number of nitrogen functional groups attached to an aromatic ring is 1. The fourth-order valence-corrected chi connectivity index (χ4v) is 4.20. The average molecular weight is 487 g/mol. The molecule has 14 heteroatoms. The van der Waals surface area contributed by atoms with Crippen LogP contribution in [0.2, 0.25) is 0 Å². The van der Waals surface area contributed by atoms with Crippen molar-refractivity contribution in [2.75, 3.05) is 17.7 Å². The van der Waals surface area contributed by atoms with E-state index in [1.54, 1.807) is 18.1 Å². The lowest BCUT2D eigenvalue weighted by Gasteiger charge is -2.24. The zero-order chi connectivity index (χ0) is 25.0. The van der Waals surface area contributed by atoms with E-state index >= 15 is 0 Å². The summed E-state index contributed by atoms with van der Waals surface area (Å²) in [5, 5.41) is 13.8. The first-order valence-corrected chi connectivity index (χ1v) is 10.7. The highest BCUT2D eigenvalue weighted by atomic mass is 19.4. The molecule has 2 aromatic heterocycles. The minimum absolute atomic E-state index is 0.0179. The fourth-order valence-electron chi connectivity index (χ4n) is 4.20. The average Bonchev–Trinajstić information content (AvgIpc) is 3.36. The van der Waals surface area contributed by atoms with Crippen LogP contribution in [0.4, 0.5) is 24.8 Å². The molecular formula is C21H20F3N9O2. The molecule has 5 rings (SSSR count). The number of aliphatic imine (C=N–C) groups is 2. The van der Waals surface area contributed by atoms with Gasteiger partial charge in [0.25, 0.3) is 0 Å². The van der Waals surface area contributed by atoms with Crippen molar-refractivity contribution in [2.45, 2.75) is 37.8 Å². The Labute approximate surface area is 196 Å². The molecule has 5 N–H and O–H groups in total. The first-order chi connectivity index (χ1) is 16.6. The molecule has 0 radical (unpaired) electrons. The number of nitrogens with two attached hydrogens (primary N) is 1. The van der Waals surface area contributed by atoms with Crippen molar-refractivity contribution in [1.29, 1.82) is 0 Å². The molecule has 5 heterocycles. The summed E-state index contributed by atoms with van der Waals surface area (Å²) in [6.07, 6.45) is -2.51. The Hall–Kier alpha value is -4.07. The molecule has 0 saturated carbocycles. The normalized spacial score (nSPS) is 21.2. The van der Waals surface area contributed by atoms with Gasteiger partial charge in [-0.2, -0.15) is 13.2 Å². The van der Waals surface area contributed by atoms with Gasteiger partial charge in [-0.3, -0.25) is 14.8 Å². The molecule has 3 aliphatic heterocycles. The quantitative estimate of drug-likeness (QED) is 0.500. The van der Waals surface area contributed by atoms with Gasteiger partial charge < -0.3 is 16.2 Å². The predicted molar refractivity (Wildman–Crippen MR) is 120 cm³/mol. The van der Waals surface area contributed by atoms with Crippen molar-refractivity contribution in [1.82, 2.24) is 25.4 Å². The van der Waals surface area contributed by atoms with E-state index in [1.807, 2.05) is 0 Å². The molecule has 1 amide bonds. The molecule has 0 aromatic carbocycles. The Balaban J connectivity index is 1.50. The second kappa shape index (κ2) is 8.01. The summed E-state index contributed by atoms with van der Waals surface area (Å²) >= 11 is 0. The molecule has 0 spiro atoms. The van der Waals surface area contributed by atoms with Crippen molar-refractivity contribution in [3.05, 3.63) is 41.6 Å². The van der Waals surface area contributed by atoms with E-state index in [1.165, 1.54) is 18.3 Å².